The molecule has 2 fully saturated rings. The lowest BCUT2D eigenvalue weighted by Gasteiger charge is -2.36. The number of nitrogens with one attached hydrogen (secondary N) is 1. The molecule has 1 aliphatic carbocycles. The van der Waals surface area contributed by atoms with Crippen molar-refractivity contribution in [2.75, 3.05) is 19.6 Å². The quantitative estimate of drug-likeness (QED) is 0.613. The van der Waals surface area contributed by atoms with Crippen LogP contribution in [0, 0.1) is 0 Å². The van der Waals surface area contributed by atoms with E-state index in [9.17, 15) is 4.79 Å². The van der Waals surface area contributed by atoms with Crippen molar-refractivity contribution >= 4 is 5.91 Å². The molecular formula is C9H16N2O. The van der Waals surface area contributed by atoms with Gasteiger partial charge < -0.3 is 10.2 Å². The van der Waals surface area contributed by atoms with Crippen molar-refractivity contribution in [2.24, 2.45) is 0 Å². The standard InChI is InChI=1S/C9H16N2O/c12-9-4-5-10-6-7-11(9)8-2-1-3-8/h8,10H,1-7H2. The summed E-state index contributed by atoms with van der Waals surface area (Å²) in [6.45, 7) is 2.76. The number of carbonyl (C=O) groups excluding carboxylic acids is 1. The van der Waals surface area contributed by atoms with Crippen molar-refractivity contribution in [3.05, 3.63) is 0 Å². The molecule has 3 heteroatoms. The van der Waals surface area contributed by atoms with Gasteiger partial charge in [0.25, 0.3) is 0 Å². The second-order valence-electron chi connectivity index (χ2n) is 3.67. The van der Waals surface area contributed by atoms with E-state index in [1.54, 1.807) is 0 Å². The summed E-state index contributed by atoms with van der Waals surface area (Å²) >= 11 is 0. The Morgan fingerprint density at radius 2 is 2.17 bits per heavy atom. The number of amides is 1. The summed E-state index contributed by atoms with van der Waals surface area (Å²) in [4.78, 5) is 13.6. The highest BCUT2D eigenvalue weighted by Gasteiger charge is 2.28. The molecular weight excluding hydrogens is 152 g/mol. The van der Waals surface area contributed by atoms with Gasteiger partial charge >= 0.3 is 0 Å². The van der Waals surface area contributed by atoms with E-state index in [-0.39, 0.29) is 0 Å². The number of nitrogens with zero attached hydrogens (tertiary/aromatic N) is 1. The number of hydrogen-bond acceptors (Lipinski definition) is 2. The van der Waals surface area contributed by atoms with E-state index in [1.165, 1.54) is 19.3 Å². The van der Waals surface area contributed by atoms with Gasteiger partial charge in [-0.05, 0) is 19.3 Å². The van der Waals surface area contributed by atoms with Gasteiger partial charge in [0.05, 0.1) is 0 Å². The SMILES string of the molecule is O=C1CCNCCN1C1CCC1. The molecule has 12 heavy (non-hydrogen) atoms. The fraction of sp³-hybridized carbons (Fsp3) is 0.889. The fourth-order valence-corrected chi connectivity index (χ4v) is 1.87. The first-order valence-electron chi connectivity index (χ1n) is 4.88. The Balaban J connectivity index is 1.95. The van der Waals surface area contributed by atoms with Crippen molar-refractivity contribution in [1.82, 2.24) is 10.2 Å². The first-order chi connectivity index (χ1) is 5.88. The molecule has 1 heterocycles. The Bertz CT molecular complexity index is 177. The van der Waals surface area contributed by atoms with Crippen LogP contribution in [-0.4, -0.2) is 36.5 Å². The Labute approximate surface area is 73.1 Å². The van der Waals surface area contributed by atoms with E-state index < -0.39 is 0 Å². The molecule has 0 bridgehead atoms. The van der Waals surface area contributed by atoms with E-state index in [4.69, 9.17) is 0 Å². The van der Waals surface area contributed by atoms with Gasteiger partial charge in [0.2, 0.25) is 5.91 Å². The number of rotatable bonds is 1. The first-order valence-corrected chi connectivity index (χ1v) is 4.88. The minimum atomic E-state index is 0.352. The summed E-state index contributed by atoms with van der Waals surface area (Å²) in [5.41, 5.74) is 0. The molecule has 2 rings (SSSR count). The van der Waals surface area contributed by atoms with Crippen molar-refractivity contribution in [1.29, 1.82) is 0 Å². The van der Waals surface area contributed by atoms with Gasteiger partial charge in [-0.1, -0.05) is 0 Å². The van der Waals surface area contributed by atoms with Crippen molar-refractivity contribution in [3.63, 3.8) is 0 Å². The van der Waals surface area contributed by atoms with Crippen LogP contribution in [0.1, 0.15) is 25.7 Å². The zero-order chi connectivity index (χ0) is 8.39. The molecule has 1 amide bonds. The van der Waals surface area contributed by atoms with Gasteiger partial charge in [0, 0.05) is 32.1 Å². The molecule has 0 aromatic rings. The molecule has 0 unspecified atom stereocenters. The smallest absolute Gasteiger partial charge is 0.224 e. The molecule has 0 spiro atoms. The highest BCUT2D eigenvalue weighted by atomic mass is 16.2. The molecule has 1 N–H and O–H groups in total. The Kier molecular flexibility index (Phi) is 2.30. The van der Waals surface area contributed by atoms with Crippen LogP contribution in [0.3, 0.4) is 0 Å². The third-order valence-electron chi connectivity index (χ3n) is 2.88. The maximum Gasteiger partial charge on any atom is 0.224 e. The van der Waals surface area contributed by atoms with Crippen LogP contribution < -0.4 is 5.32 Å². The molecule has 1 saturated heterocycles. The highest BCUT2D eigenvalue weighted by molar-refractivity contribution is 5.77. The van der Waals surface area contributed by atoms with Gasteiger partial charge in [0.1, 0.15) is 0 Å². The van der Waals surface area contributed by atoms with Gasteiger partial charge in [-0.25, -0.2) is 0 Å². The van der Waals surface area contributed by atoms with E-state index in [0.717, 1.165) is 19.6 Å². The lowest BCUT2D eigenvalue weighted by Crippen LogP contribution is -2.44. The van der Waals surface area contributed by atoms with Crippen LogP contribution in [0.5, 0.6) is 0 Å². The second kappa shape index (κ2) is 3.44. The predicted molar refractivity (Wildman–Crippen MR) is 46.8 cm³/mol. The van der Waals surface area contributed by atoms with Crippen LogP contribution in [0.15, 0.2) is 0 Å². The van der Waals surface area contributed by atoms with Crippen molar-refractivity contribution in [3.8, 4) is 0 Å². The minimum absolute atomic E-state index is 0.352. The van der Waals surface area contributed by atoms with Gasteiger partial charge in [0.15, 0.2) is 0 Å². The van der Waals surface area contributed by atoms with Crippen molar-refractivity contribution < 1.29 is 4.79 Å². The largest absolute Gasteiger partial charge is 0.338 e. The third kappa shape index (κ3) is 1.46. The van der Waals surface area contributed by atoms with Crippen LogP contribution in [-0.2, 0) is 4.79 Å². The van der Waals surface area contributed by atoms with E-state index in [1.807, 2.05) is 0 Å². The summed E-state index contributed by atoms with van der Waals surface area (Å²) in [6, 6.07) is 0.581. The lowest BCUT2D eigenvalue weighted by atomic mass is 9.91. The molecule has 2 aliphatic rings. The summed E-state index contributed by atoms with van der Waals surface area (Å²) in [6.07, 6.45) is 4.45. The Morgan fingerprint density at radius 1 is 1.33 bits per heavy atom. The molecule has 0 aromatic carbocycles. The first kappa shape index (κ1) is 8.05. The monoisotopic (exact) mass is 168 g/mol. The van der Waals surface area contributed by atoms with E-state index in [2.05, 4.69) is 10.2 Å². The van der Waals surface area contributed by atoms with E-state index in [0.29, 0.717) is 18.4 Å². The lowest BCUT2D eigenvalue weighted by molar-refractivity contribution is -0.134. The average molecular weight is 168 g/mol. The number of hydrogen-bond donors (Lipinski definition) is 1. The van der Waals surface area contributed by atoms with Crippen molar-refractivity contribution in [2.45, 2.75) is 31.7 Å². The number of carbonyl (C=O) groups is 1. The Hall–Kier alpha value is -0.570. The summed E-state index contributed by atoms with van der Waals surface area (Å²) in [5.74, 6) is 0.352. The molecule has 1 saturated carbocycles. The second-order valence-corrected chi connectivity index (χ2v) is 3.67. The van der Waals surface area contributed by atoms with Crippen LogP contribution in [0.4, 0.5) is 0 Å². The normalized spacial score (nSPS) is 26.7. The molecule has 3 nitrogen and oxygen atoms in total. The maximum absolute atomic E-state index is 11.5. The third-order valence-corrected chi connectivity index (χ3v) is 2.88. The Morgan fingerprint density at radius 3 is 2.83 bits per heavy atom. The molecule has 68 valence electrons. The molecule has 0 atom stereocenters. The van der Waals surface area contributed by atoms with Gasteiger partial charge in [-0.2, -0.15) is 0 Å². The molecule has 0 aromatic heterocycles. The van der Waals surface area contributed by atoms with Crippen LogP contribution in [0.25, 0.3) is 0 Å². The van der Waals surface area contributed by atoms with Gasteiger partial charge in [-0.3, -0.25) is 4.79 Å². The van der Waals surface area contributed by atoms with Gasteiger partial charge in [-0.15, -0.1) is 0 Å². The maximum atomic E-state index is 11.5. The van der Waals surface area contributed by atoms with E-state index >= 15 is 0 Å². The predicted octanol–water partition coefficient (Wildman–Crippen LogP) is 0.361. The van der Waals surface area contributed by atoms with Crippen LogP contribution in [0.2, 0.25) is 0 Å². The summed E-state index contributed by atoms with van der Waals surface area (Å²) in [5, 5.41) is 3.25. The average Bonchev–Trinajstić information content (AvgIpc) is 2.13. The zero-order valence-electron chi connectivity index (χ0n) is 7.38. The van der Waals surface area contributed by atoms with Crippen LogP contribution >= 0.6 is 0 Å². The zero-order valence-corrected chi connectivity index (χ0v) is 7.38. The summed E-state index contributed by atoms with van der Waals surface area (Å²) in [7, 11) is 0. The molecule has 1 aliphatic heterocycles. The minimum Gasteiger partial charge on any atom is -0.338 e. The highest BCUT2D eigenvalue weighted by Crippen LogP contribution is 2.25. The molecule has 0 radical (unpaired) electrons. The topological polar surface area (TPSA) is 32.3 Å². The fourth-order valence-electron chi connectivity index (χ4n) is 1.87. The summed E-state index contributed by atoms with van der Waals surface area (Å²) < 4.78 is 0.